The minimum atomic E-state index is -0.272. The van der Waals surface area contributed by atoms with E-state index in [0.717, 1.165) is 51.4 Å². The molecule has 0 radical (unpaired) electrons. The van der Waals surface area contributed by atoms with Gasteiger partial charge < -0.3 is 20.4 Å². The first-order valence-electron chi connectivity index (χ1n) is 9.05. The Labute approximate surface area is 137 Å². The Balaban J connectivity index is 0. The smallest absolute Gasteiger partial charge is 0.0541 e. The van der Waals surface area contributed by atoms with Crippen LogP contribution < -0.4 is 0 Å². The predicted octanol–water partition coefficient (Wildman–Crippen LogP) is 3.40. The average molecular weight is 321 g/mol. The van der Waals surface area contributed by atoms with E-state index in [-0.39, 0.29) is 24.4 Å². The van der Waals surface area contributed by atoms with Crippen molar-refractivity contribution in [3.8, 4) is 0 Å². The van der Waals surface area contributed by atoms with E-state index in [0.29, 0.717) is 12.8 Å². The van der Waals surface area contributed by atoms with Gasteiger partial charge >= 0.3 is 0 Å². The Hall–Kier alpha value is -0.160. The molecular formula is C18H40O4. The fourth-order valence-electron chi connectivity index (χ4n) is 2.04. The second kappa shape index (κ2) is 17.2. The van der Waals surface area contributed by atoms with Crippen molar-refractivity contribution in [3.63, 3.8) is 0 Å². The van der Waals surface area contributed by atoms with Crippen molar-refractivity contribution in [1.29, 1.82) is 0 Å². The third-order valence-electron chi connectivity index (χ3n) is 3.62. The van der Waals surface area contributed by atoms with Gasteiger partial charge in [-0.3, -0.25) is 0 Å². The first kappa shape index (κ1) is 24.1. The molecule has 22 heavy (non-hydrogen) atoms. The molecule has 0 rings (SSSR count). The monoisotopic (exact) mass is 320 g/mol. The molecule has 4 unspecified atom stereocenters. The van der Waals surface area contributed by atoms with E-state index in [4.69, 9.17) is 10.2 Å². The molecule has 0 fully saturated rings. The highest BCUT2D eigenvalue weighted by Crippen LogP contribution is 2.08. The molecular weight excluding hydrogens is 280 g/mol. The summed E-state index contributed by atoms with van der Waals surface area (Å²) in [6.07, 6.45) is 8.13. The summed E-state index contributed by atoms with van der Waals surface area (Å²) in [5.74, 6) is 0. The van der Waals surface area contributed by atoms with E-state index in [1.54, 1.807) is 13.8 Å². The van der Waals surface area contributed by atoms with Gasteiger partial charge in [0.05, 0.1) is 24.4 Å². The van der Waals surface area contributed by atoms with Crippen molar-refractivity contribution in [1.82, 2.24) is 0 Å². The number of hydrogen-bond acceptors (Lipinski definition) is 4. The van der Waals surface area contributed by atoms with Gasteiger partial charge in [-0.05, 0) is 52.4 Å². The standard InChI is InChI=1S/2C9H20O2/c2*1-3-4-5-9(11)7-6-8(2)10/h2*8-11H,3-7H2,1-2H3. The van der Waals surface area contributed by atoms with Crippen molar-refractivity contribution in [3.05, 3.63) is 0 Å². The molecule has 4 nitrogen and oxygen atoms in total. The summed E-state index contributed by atoms with van der Waals surface area (Å²) >= 11 is 0. The first-order chi connectivity index (χ1) is 10.3. The number of aliphatic hydroxyl groups is 4. The van der Waals surface area contributed by atoms with Gasteiger partial charge in [-0.1, -0.05) is 39.5 Å². The van der Waals surface area contributed by atoms with Gasteiger partial charge in [0.1, 0.15) is 0 Å². The maximum Gasteiger partial charge on any atom is 0.0541 e. The van der Waals surface area contributed by atoms with Crippen LogP contribution in [0.1, 0.15) is 91.9 Å². The quantitative estimate of drug-likeness (QED) is 0.444. The third-order valence-corrected chi connectivity index (χ3v) is 3.62. The Morgan fingerprint density at radius 1 is 0.545 bits per heavy atom. The van der Waals surface area contributed by atoms with Gasteiger partial charge in [0.25, 0.3) is 0 Å². The van der Waals surface area contributed by atoms with E-state index in [1.165, 1.54) is 0 Å². The fraction of sp³-hybridized carbons (Fsp3) is 1.00. The van der Waals surface area contributed by atoms with E-state index >= 15 is 0 Å². The van der Waals surface area contributed by atoms with Crippen LogP contribution in [0, 0.1) is 0 Å². The average Bonchev–Trinajstić information content (AvgIpc) is 2.47. The molecule has 136 valence electrons. The molecule has 0 bridgehead atoms. The molecule has 0 aliphatic rings. The Morgan fingerprint density at radius 3 is 1.09 bits per heavy atom. The summed E-state index contributed by atoms with van der Waals surface area (Å²) in [5.41, 5.74) is 0. The Morgan fingerprint density at radius 2 is 0.864 bits per heavy atom. The van der Waals surface area contributed by atoms with Crippen molar-refractivity contribution in [2.45, 2.75) is 116 Å². The van der Waals surface area contributed by atoms with Crippen molar-refractivity contribution >= 4 is 0 Å². The lowest BCUT2D eigenvalue weighted by atomic mass is 10.1. The molecule has 0 aromatic heterocycles. The normalized spacial score (nSPS) is 16.4. The zero-order valence-electron chi connectivity index (χ0n) is 15.2. The number of hydrogen-bond donors (Lipinski definition) is 4. The second-order valence-electron chi connectivity index (χ2n) is 6.44. The molecule has 0 saturated heterocycles. The van der Waals surface area contributed by atoms with Crippen LogP contribution >= 0.6 is 0 Å². The maximum atomic E-state index is 9.32. The van der Waals surface area contributed by atoms with Gasteiger partial charge in [-0.15, -0.1) is 0 Å². The van der Waals surface area contributed by atoms with Crippen LogP contribution in [0.3, 0.4) is 0 Å². The number of aliphatic hydroxyl groups excluding tert-OH is 4. The van der Waals surface area contributed by atoms with Gasteiger partial charge in [0.15, 0.2) is 0 Å². The van der Waals surface area contributed by atoms with Crippen molar-refractivity contribution < 1.29 is 20.4 Å². The predicted molar refractivity (Wildman–Crippen MR) is 92.9 cm³/mol. The lowest BCUT2D eigenvalue weighted by Crippen LogP contribution is -2.10. The molecule has 0 amide bonds. The van der Waals surface area contributed by atoms with Crippen molar-refractivity contribution in [2.24, 2.45) is 0 Å². The van der Waals surface area contributed by atoms with Crippen LogP contribution in [0.25, 0.3) is 0 Å². The molecule has 0 aliphatic carbocycles. The Bertz CT molecular complexity index is 185. The lowest BCUT2D eigenvalue weighted by Gasteiger charge is -2.10. The maximum absolute atomic E-state index is 9.32. The largest absolute Gasteiger partial charge is 0.393 e. The highest BCUT2D eigenvalue weighted by Gasteiger charge is 2.05. The summed E-state index contributed by atoms with van der Waals surface area (Å²) in [5, 5.41) is 36.5. The van der Waals surface area contributed by atoms with Crippen molar-refractivity contribution in [2.75, 3.05) is 0 Å². The molecule has 0 spiro atoms. The highest BCUT2D eigenvalue weighted by atomic mass is 16.3. The zero-order valence-corrected chi connectivity index (χ0v) is 15.2. The molecule has 4 N–H and O–H groups in total. The molecule has 4 atom stereocenters. The topological polar surface area (TPSA) is 80.9 Å². The summed E-state index contributed by atoms with van der Waals surface area (Å²) < 4.78 is 0. The van der Waals surface area contributed by atoms with Crippen LogP contribution in [0.2, 0.25) is 0 Å². The third kappa shape index (κ3) is 22.1. The van der Waals surface area contributed by atoms with Crippen LogP contribution in [-0.2, 0) is 0 Å². The lowest BCUT2D eigenvalue weighted by molar-refractivity contribution is 0.115. The van der Waals surface area contributed by atoms with E-state index in [9.17, 15) is 10.2 Å². The molecule has 0 saturated carbocycles. The first-order valence-corrected chi connectivity index (χ1v) is 9.05. The molecule has 0 aromatic carbocycles. The molecule has 0 aliphatic heterocycles. The van der Waals surface area contributed by atoms with Gasteiger partial charge in [-0.25, -0.2) is 0 Å². The number of rotatable bonds is 12. The van der Waals surface area contributed by atoms with Crippen LogP contribution in [-0.4, -0.2) is 44.8 Å². The molecule has 0 heterocycles. The molecule has 0 aromatic rings. The van der Waals surface area contributed by atoms with Crippen LogP contribution in [0.5, 0.6) is 0 Å². The molecule has 4 heteroatoms. The minimum absolute atomic E-state index is 0.204. The summed E-state index contributed by atoms with van der Waals surface area (Å²) in [6.45, 7) is 7.74. The van der Waals surface area contributed by atoms with E-state index in [2.05, 4.69) is 13.8 Å². The Kier molecular flexibility index (Phi) is 18.8. The minimum Gasteiger partial charge on any atom is -0.393 e. The SMILES string of the molecule is CCCCC(O)CCC(C)O.CCCCC(O)CCC(C)O. The number of unbranched alkanes of at least 4 members (excludes halogenated alkanes) is 2. The summed E-state index contributed by atoms with van der Waals surface area (Å²) in [4.78, 5) is 0. The van der Waals surface area contributed by atoms with E-state index < -0.39 is 0 Å². The second-order valence-corrected chi connectivity index (χ2v) is 6.44. The zero-order chi connectivity index (χ0) is 17.4. The van der Waals surface area contributed by atoms with Gasteiger partial charge in [0.2, 0.25) is 0 Å². The van der Waals surface area contributed by atoms with Gasteiger partial charge in [0, 0.05) is 0 Å². The fourth-order valence-corrected chi connectivity index (χ4v) is 2.04. The van der Waals surface area contributed by atoms with Crippen LogP contribution in [0.15, 0.2) is 0 Å². The summed E-state index contributed by atoms with van der Waals surface area (Å²) in [6, 6.07) is 0. The highest BCUT2D eigenvalue weighted by molar-refractivity contribution is 4.58. The van der Waals surface area contributed by atoms with Gasteiger partial charge in [-0.2, -0.15) is 0 Å². The van der Waals surface area contributed by atoms with Crippen LogP contribution in [0.4, 0.5) is 0 Å². The summed E-state index contributed by atoms with van der Waals surface area (Å²) in [7, 11) is 0. The van der Waals surface area contributed by atoms with E-state index in [1.807, 2.05) is 0 Å².